The number of nitrogens with one attached hydrogen (secondary N) is 1. The summed E-state index contributed by atoms with van der Waals surface area (Å²) >= 11 is 3.39. The van der Waals surface area contributed by atoms with Gasteiger partial charge in [-0.3, -0.25) is 4.90 Å². The summed E-state index contributed by atoms with van der Waals surface area (Å²) in [7, 11) is 0. The van der Waals surface area contributed by atoms with Crippen molar-refractivity contribution in [2.24, 2.45) is 0 Å². The molecular formula is C13H19BrN4O. The van der Waals surface area contributed by atoms with Crippen LogP contribution in [0.5, 0.6) is 0 Å². The fourth-order valence-electron chi connectivity index (χ4n) is 2.85. The molecule has 6 heteroatoms. The van der Waals surface area contributed by atoms with Gasteiger partial charge >= 0.3 is 0 Å². The molecule has 0 spiro atoms. The van der Waals surface area contributed by atoms with Crippen LogP contribution < -0.4 is 5.32 Å². The van der Waals surface area contributed by atoms with E-state index in [1.165, 1.54) is 19.4 Å². The highest BCUT2D eigenvalue weighted by atomic mass is 79.9. The maximum absolute atomic E-state index is 5.91. The second-order valence-electron chi connectivity index (χ2n) is 5.25. The minimum absolute atomic E-state index is 0.253. The third-order valence-corrected chi connectivity index (χ3v) is 4.19. The molecule has 1 aromatic heterocycles. The quantitative estimate of drug-likeness (QED) is 0.859. The first kappa shape index (κ1) is 13.3. The molecule has 2 aliphatic heterocycles. The monoisotopic (exact) mass is 326 g/mol. The number of anilines is 1. The van der Waals surface area contributed by atoms with E-state index in [1.807, 2.05) is 13.0 Å². The van der Waals surface area contributed by atoms with Gasteiger partial charge in [0.2, 0.25) is 0 Å². The van der Waals surface area contributed by atoms with E-state index in [9.17, 15) is 0 Å². The lowest BCUT2D eigenvalue weighted by Gasteiger charge is -2.35. The Morgan fingerprint density at radius 3 is 3.26 bits per heavy atom. The van der Waals surface area contributed by atoms with Crippen LogP contribution in [0.2, 0.25) is 0 Å². The summed E-state index contributed by atoms with van der Waals surface area (Å²) in [4.78, 5) is 11.1. The van der Waals surface area contributed by atoms with E-state index >= 15 is 0 Å². The molecule has 3 heterocycles. The predicted molar refractivity (Wildman–Crippen MR) is 77.3 cm³/mol. The van der Waals surface area contributed by atoms with E-state index in [-0.39, 0.29) is 6.10 Å². The Morgan fingerprint density at radius 1 is 1.53 bits per heavy atom. The number of nitrogens with zero attached hydrogens (tertiary/aromatic N) is 3. The highest BCUT2D eigenvalue weighted by molar-refractivity contribution is 9.10. The van der Waals surface area contributed by atoms with Crippen molar-refractivity contribution in [3.8, 4) is 0 Å². The summed E-state index contributed by atoms with van der Waals surface area (Å²) in [6, 6.07) is 2.56. The third kappa shape index (κ3) is 3.24. The summed E-state index contributed by atoms with van der Waals surface area (Å²) in [5.74, 6) is 1.62. The van der Waals surface area contributed by atoms with Crippen LogP contribution in [0.25, 0.3) is 0 Å². The molecule has 2 aliphatic rings. The average molecular weight is 327 g/mol. The van der Waals surface area contributed by atoms with Crippen LogP contribution in [0.3, 0.4) is 0 Å². The molecule has 2 saturated heterocycles. The number of aromatic nitrogens is 2. The van der Waals surface area contributed by atoms with Gasteiger partial charge in [-0.1, -0.05) is 0 Å². The largest absolute Gasteiger partial charge is 0.373 e. The first-order chi connectivity index (χ1) is 9.20. The average Bonchev–Trinajstić information content (AvgIpc) is 2.82. The number of halogens is 1. The van der Waals surface area contributed by atoms with Gasteiger partial charge in [0.05, 0.1) is 12.7 Å². The molecule has 2 fully saturated rings. The minimum Gasteiger partial charge on any atom is -0.373 e. The van der Waals surface area contributed by atoms with Crippen molar-refractivity contribution in [3.63, 3.8) is 0 Å². The van der Waals surface area contributed by atoms with Gasteiger partial charge in [0, 0.05) is 25.2 Å². The summed E-state index contributed by atoms with van der Waals surface area (Å²) in [6.07, 6.45) is 2.85. The molecule has 0 radical (unpaired) electrons. The maximum Gasteiger partial charge on any atom is 0.130 e. The Bertz CT molecular complexity index is 436. The highest BCUT2D eigenvalue weighted by Crippen LogP contribution is 2.22. The van der Waals surface area contributed by atoms with Gasteiger partial charge in [0.15, 0.2) is 0 Å². The number of rotatable bonds is 3. The lowest BCUT2D eigenvalue weighted by molar-refractivity contribution is -0.0416. The lowest BCUT2D eigenvalue weighted by Crippen LogP contribution is -2.48. The van der Waals surface area contributed by atoms with Gasteiger partial charge in [0.25, 0.3) is 0 Å². The number of morpholine rings is 1. The Hall–Kier alpha value is -0.720. The van der Waals surface area contributed by atoms with Gasteiger partial charge < -0.3 is 10.1 Å². The molecule has 0 aliphatic carbocycles. The van der Waals surface area contributed by atoms with E-state index < -0.39 is 0 Å². The lowest BCUT2D eigenvalue weighted by atomic mass is 10.2. The number of ether oxygens (including phenoxy) is 1. The first-order valence-electron chi connectivity index (χ1n) is 6.81. The topological polar surface area (TPSA) is 50.3 Å². The zero-order valence-electron chi connectivity index (χ0n) is 11.1. The fourth-order valence-corrected chi connectivity index (χ4v) is 3.32. The molecule has 19 heavy (non-hydrogen) atoms. The summed E-state index contributed by atoms with van der Waals surface area (Å²) < 4.78 is 6.73. The van der Waals surface area contributed by atoms with Crippen molar-refractivity contribution < 1.29 is 4.74 Å². The Labute approximate surface area is 121 Å². The van der Waals surface area contributed by atoms with E-state index in [0.29, 0.717) is 6.04 Å². The molecule has 1 aromatic rings. The van der Waals surface area contributed by atoms with E-state index in [2.05, 4.69) is 36.1 Å². The maximum atomic E-state index is 5.91. The van der Waals surface area contributed by atoms with Crippen molar-refractivity contribution in [1.29, 1.82) is 0 Å². The zero-order valence-corrected chi connectivity index (χ0v) is 12.7. The Kier molecular flexibility index (Phi) is 4.00. The molecule has 5 nitrogen and oxygen atoms in total. The molecule has 3 rings (SSSR count). The third-order valence-electron chi connectivity index (χ3n) is 3.78. The number of aryl methyl sites for hydroxylation is 1. The molecule has 104 valence electrons. The van der Waals surface area contributed by atoms with Gasteiger partial charge in [-0.25, -0.2) is 9.97 Å². The van der Waals surface area contributed by atoms with Crippen LogP contribution in [0, 0.1) is 6.92 Å². The Morgan fingerprint density at radius 2 is 2.42 bits per heavy atom. The van der Waals surface area contributed by atoms with Crippen molar-refractivity contribution in [3.05, 3.63) is 16.5 Å². The van der Waals surface area contributed by atoms with Gasteiger partial charge in [-0.05, 0) is 42.2 Å². The van der Waals surface area contributed by atoms with Crippen molar-refractivity contribution >= 4 is 21.7 Å². The minimum atomic E-state index is 0.253. The molecule has 0 saturated carbocycles. The smallest absolute Gasteiger partial charge is 0.130 e. The summed E-state index contributed by atoms with van der Waals surface area (Å²) in [6.45, 7) is 5.82. The van der Waals surface area contributed by atoms with E-state index in [1.54, 1.807) is 0 Å². The second kappa shape index (κ2) is 5.73. The normalized spacial score (nSPS) is 27.3. The molecule has 0 bridgehead atoms. The molecule has 0 aromatic carbocycles. The van der Waals surface area contributed by atoms with Crippen molar-refractivity contribution in [2.45, 2.75) is 31.9 Å². The van der Waals surface area contributed by atoms with Gasteiger partial charge in [-0.2, -0.15) is 0 Å². The van der Waals surface area contributed by atoms with Crippen LogP contribution in [0.4, 0.5) is 5.82 Å². The van der Waals surface area contributed by atoms with E-state index in [0.717, 1.165) is 35.9 Å². The molecule has 2 atom stereocenters. The number of fused-ring (bicyclic) bond motifs is 1. The van der Waals surface area contributed by atoms with Crippen LogP contribution in [-0.4, -0.2) is 53.3 Å². The van der Waals surface area contributed by atoms with Crippen molar-refractivity contribution in [2.75, 3.05) is 31.6 Å². The number of hydrogen-bond acceptors (Lipinski definition) is 5. The summed E-state index contributed by atoms with van der Waals surface area (Å²) in [5, 5.41) is 3.34. The van der Waals surface area contributed by atoms with Crippen molar-refractivity contribution in [1.82, 2.24) is 14.9 Å². The Balaban J connectivity index is 1.54. The summed E-state index contributed by atoms with van der Waals surface area (Å²) in [5.41, 5.74) is 0. The molecular weight excluding hydrogens is 308 g/mol. The SMILES string of the molecule is Cc1nc(Br)cc(NCC2CN3CCCC3CO2)n1. The highest BCUT2D eigenvalue weighted by Gasteiger charge is 2.31. The van der Waals surface area contributed by atoms with Gasteiger partial charge in [-0.15, -0.1) is 0 Å². The number of hydrogen-bond donors (Lipinski definition) is 1. The molecule has 0 amide bonds. The van der Waals surface area contributed by atoms with Crippen LogP contribution in [0.15, 0.2) is 10.7 Å². The molecule has 2 unspecified atom stereocenters. The van der Waals surface area contributed by atoms with Gasteiger partial charge in [0.1, 0.15) is 16.2 Å². The van der Waals surface area contributed by atoms with Crippen LogP contribution in [0.1, 0.15) is 18.7 Å². The van der Waals surface area contributed by atoms with Crippen LogP contribution in [-0.2, 0) is 4.74 Å². The first-order valence-corrected chi connectivity index (χ1v) is 7.61. The standard InChI is InChI=1S/C13H19BrN4O/c1-9-16-12(14)5-13(17-9)15-6-11-7-18-4-2-3-10(18)8-19-11/h5,10-11H,2-4,6-8H2,1H3,(H,15,16,17). The van der Waals surface area contributed by atoms with E-state index in [4.69, 9.17) is 4.74 Å². The second-order valence-corrected chi connectivity index (χ2v) is 6.06. The fraction of sp³-hybridized carbons (Fsp3) is 0.692. The van der Waals surface area contributed by atoms with Crippen LogP contribution >= 0.6 is 15.9 Å². The molecule has 1 N–H and O–H groups in total. The zero-order chi connectivity index (χ0) is 13.2. The predicted octanol–water partition coefficient (Wildman–Crippen LogP) is 1.82.